The lowest BCUT2D eigenvalue weighted by Crippen LogP contribution is -2.32. The maximum Gasteiger partial charge on any atom is 0.282 e. The van der Waals surface area contributed by atoms with Gasteiger partial charge in [0.2, 0.25) is 0 Å². The molecular formula is C22H17BrN2O2S. The molecule has 4 rings (SSSR count). The summed E-state index contributed by atoms with van der Waals surface area (Å²) < 4.78 is 0.805. The van der Waals surface area contributed by atoms with Gasteiger partial charge in [0, 0.05) is 15.0 Å². The van der Waals surface area contributed by atoms with E-state index in [1.165, 1.54) is 21.8 Å². The summed E-state index contributed by atoms with van der Waals surface area (Å²) in [7, 11) is 0. The number of benzene rings is 2. The topological polar surface area (TPSA) is 49.4 Å². The molecule has 2 heterocycles. The molecule has 1 aromatic heterocycles. The van der Waals surface area contributed by atoms with E-state index in [2.05, 4.69) is 28.2 Å². The number of amides is 2. The monoisotopic (exact) mass is 452 g/mol. The van der Waals surface area contributed by atoms with E-state index in [1.807, 2.05) is 47.8 Å². The van der Waals surface area contributed by atoms with Crippen molar-refractivity contribution in [2.45, 2.75) is 13.3 Å². The summed E-state index contributed by atoms with van der Waals surface area (Å²) in [6, 6.07) is 18.8. The molecule has 0 unspecified atom stereocenters. The second-order valence-corrected chi connectivity index (χ2v) is 8.19. The van der Waals surface area contributed by atoms with Crippen LogP contribution in [0.15, 0.2) is 76.2 Å². The summed E-state index contributed by atoms with van der Waals surface area (Å²) in [6.45, 7) is 2.09. The number of halogens is 1. The minimum Gasteiger partial charge on any atom is -0.350 e. The summed E-state index contributed by atoms with van der Waals surface area (Å²) >= 11 is 4.85. The van der Waals surface area contributed by atoms with Crippen molar-refractivity contribution < 1.29 is 9.59 Å². The third kappa shape index (κ3) is 3.41. The second kappa shape index (κ2) is 7.73. The van der Waals surface area contributed by atoms with Gasteiger partial charge >= 0.3 is 0 Å². The number of thiophene rings is 1. The van der Waals surface area contributed by atoms with Crippen LogP contribution in [0.2, 0.25) is 0 Å². The number of hydrogen-bond acceptors (Lipinski definition) is 4. The molecule has 2 aromatic carbocycles. The fourth-order valence-electron chi connectivity index (χ4n) is 3.11. The van der Waals surface area contributed by atoms with Crippen molar-refractivity contribution in [1.82, 2.24) is 0 Å². The highest BCUT2D eigenvalue weighted by atomic mass is 79.9. The zero-order chi connectivity index (χ0) is 19.7. The highest BCUT2D eigenvalue weighted by molar-refractivity contribution is 9.10. The van der Waals surface area contributed by atoms with Crippen molar-refractivity contribution in [1.29, 1.82) is 0 Å². The highest BCUT2D eigenvalue weighted by Gasteiger charge is 2.40. The number of nitrogens with zero attached hydrogens (tertiary/aromatic N) is 1. The number of aryl methyl sites for hydroxylation is 1. The van der Waals surface area contributed by atoms with E-state index in [0.29, 0.717) is 17.0 Å². The van der Waals surface area contributed by atoms with Crippen molar-refractivity contribution in [2.24, 2.45) is 0 Å². The first-order chi connectivity index (χ1) is 13.6. The SMILES string of the molecule is CCc1ccc(NC2=C(c3cccs3)C(=O)N(c3cccc(Br)c3)C2=O)cc1. The molecule has 28 heavy (non-hydrogen) atoms. The molecule has 2 amide bonds. The van der Waals surface area contributed by atoms with E-state index in [1.54, 1.807) is 18.2 Å². The van der Waals surface area contributed by atoms with Crippen LogP contribution in [0.3, 0.4) is 0 Å². The average Bonchev–Trinajstić information content (AvgIpc) is 3.29. The number of carbonyl (C=O) groups excluding carboxylic acids is 2. The molecule has 0 saturated heterocycles. The predicted molar refractivity (Wildman–Crippen MR) is 117 cm³/mol. The zero-order valence-electron chi connectivity index (χ0n) is 15.1. The molecule has 0 bridgehead atoms. The van der Waals surface area contributed by atoms with Crippen LogP contribution in [0.5, 0.6) is 0 Å². The Morgan fingerprint density at radius 2 is 1.79 bits per heavy atom. The maximum absolute atomic E-state index is 13.2. The number of hydrogen-bond donors (Lipinski definition) is 1. The smallest absolute Gasteiger partial charge is 0.282 e. The normalized spacial score (nSPS) is 14.1. The Balaban J connectivity index is 1.77. The van der Waals surface area contributed by atoms with Crippen LogP contribution in [-0.2, 0) is 16.0 Å². The molecule has 0 aliphatic carbocycles. The Morgan fingerprint density at radius 1 is 1.00 bits per heavy atom. The van der Waals surface area contributed by atoms with Crippen molar-refractivity contribution in [3.63, 3.8) is 0 Å². The third-order valence-corrected chi connectivity index (χ3v) is 5.93. The number of rotatable bonds is 5. The highest BCUT2D eigenvalue weighted by Crippen LogP contribution is 2.36. The van der Waals surface area contributed by atoms with Gasteiger partial charge in [0.05, 0.1) is 11.3 Å². The van der Waals surface area contributed by atoms with Crippen LogP contribution in [0.1, 0.15) is 17.4 Å². The molecule has 0 radical (unpaired) electrons. The predicted octanol–water partition coefficient (Wildman–Crippen LogP) is 5.47. The van der Waals surface area contributed by atoms with E-state index in [9.17, 15) is 9.59 Å². The first kappa shape index (κ1) is 18.7. The van der Waals surface area contributed by atoms with Gasteiger partial charge in [-0.05, 0) is 53.8 Å². The average molecular weight is 453 g/mol. The maximum atomic E-state index is 13.2. The number of nitrogens with one attached hydrogen (secondary N) is 1. The third-order valence-electron chi connectivity index (χ3n) is 4.55. The van der Waals surface area contributed by atoms with E-state index in [4.69, 9.17) is 0 Å². The van der Waals surface area contributed by atoms with E-state index in [0.717, 1.165) is 21.5 Å². The summed E-state index contributed by atoms with van der Waals surface area (Å²) in [6.07, 6.45) is 0.942. The van der Waals surface area contributed by atoms with Gasteiger partial charge in [-0.25, -0.2) is 4.90 Å². The van der Waals surface area contributed by atoms with E-state index < -0.39 is 0 Å². The van der Waals surface area contributed by atoms with Crippen LogP contribution >= 0.6 is 27.3 Å². The molecule has 0 fully saturated rings. The largest absolute Gasteiger partial charge is 0.350 e. The van der Waals surface area contributed by atoms with Crippen molar-refractivity contribution in [2.75, 3.05) is 10.2 Å². The summed E-state index contributed by atoms with van der Waals surface area (Å²) in [5, 5.41) is 5.09. The van der Waals surface area contributed by atoms with Gasteiger partial charge in [-0.2, -0.15) is 0 Å². The lowest BCUT2D eigenvalue weighted by atomic mass is 10.1. The lowest BCUT2D eigenvalue weighted by Gasteiger charge is -2.15. The first-order valence-electron chi connectivity index (χ1n) is 8.87. The summed E-state index contributed by atoms with van der Waals surface area (Å²) in [5.74, 6) is -0.677. The fraction of sp³-hybridized carbons (Fsp3) is 0.0909. The van der Waals surface area contributed by atoms with Gasteiger partial charge in [-0.15, -0.1) is 11.3 Å². The quantitative estimate of drug-likeness (QED) is 0.522. The molecule has 0 atom stereocenters. The molecular weight excluding hydrogens is 436 g/mol. The van der Waals surface area contributed by atoms with Gasteiger partial charge in [0.15, 0.2) is 0 Å². The molecule has 1 N–H and O–H groups in total. The van der Waals surface area contributed by atoms with Crippen molar-refractivity contribution in [3.8, 4) is 0 Å². The first-order valence-corrected chi connectivity index (χ1v) is 10.5. The molecule has 1 aliphatic heterocycles. The fourth-order valence-corrected chi connectivity index (χ4v) is 4.27. The van der Waals surface area contributed by atoms with Crippen LogP contribution in [0, 0.1) is 0 Å². The Hall–Kier alpha value is -2.70. The number of imide groups is 1. The van der Waals surface area contributed by atoms with Gasteiger partial charge in [-0.1, -0.05) is 47.1 Å². The molecule has 1 aliphatic rings. The number of carbonyl (C=O) groups is 2. The van der Waals surface area contributed by atoms with Crippen LogP contribution in [0.4, 0.5) is 11.4 Å². The Labute approximate surface area is 175 Å². The van der Waals surface area contributed by atoms with Crippen molar-refractivity contribution >= 4 is 56.0 Å². The molecule has 0 spiro atoms. The van der Waals surface area contributed by atoms with Gasteiger partial charge < -0.3 is 5.32 Å². The summed E-state index contributed by atoms with van der Waals surface area (Å²) in [4.78, 5) is 28.5. The van der Waals surface area contributed by atoms with Gasteiger partial charge in [0.25, 0.3) is 11.8 Å². The van der Waals surface area contributed by atoms with E-state index >= 15 is 0 Å². The molecule has 0 saturated carbocycles. The lowest BCUT2D eigenvalue weighted by molar-refractivity contribution is -0.120. The van der Waals surface area contributed by atoms with Gasteiger partial charge in [-0.3, -0.25) is 9.59 Å². The standard InChI is InChI=1S/C22H17BrN2O2S/c1-2-14-8-10-16(11-9-14)24-20-19(18-7-4-12-28-18)21(26)25(22(20)27)17-6-3-5-15(23)13-17/h3-13,24H,2H2,1H3. The van der Waals surface area contributed by atoms with Crippen LogP contribution in [-0.4, -0.2) is 11.8 Å². The molecule has 3 aromatic rings. The molecule has 6 heteroatoms. The molecule has 4 nitrogen and oxygen atoms in total. The Bertz CT molecular complexity index is 1070. The van der Waals surface area contributed by atoms with Crippen LogP contribution < -0.4 is 10.2 Å². The van der Waals surface area contributed by atoms with Gasteiger partial charge in [0.1, 0.15) is 5.70 Å². The van der Waals surface area contributed by atoms with Crippen molar-refractivity contribution in [3.05, 3.63) is 86.7 Å². The van der Waals surface area contributed by atoms with Crippen LogP contribution in [0.25, 0.3) is 5.57 Å². The molecule has 140 valence electrons. The minimum atomic E-state index is -0.355. The van der Waals surface area contributed by atoms with E-state index in [-0.39, 0.29) is 11.8 Å². The summed E-state index contributed by atoms with van der Waals surface area (Å²) in [5.41, 5.74) is 3.23. The second-order valence-electron chi connectivity index (χ2n) is 6.33. The Morgan fingerprint density at radius 3 is 2.43 bits per heavy atom. The minimum absolute atomic E-state index is 0.302. The Kier molecular flexibility index (Phi) is 5.15. The zero-order valence-corrected chi connectivity index (χ0v) is 17.5. The number of anilines is 2.